The first kappa shape index (κ1) is 19.7. The van der Waals surface area contributed by atoms with Crippen LogP contribution in [0.4, 0.5) is 13.2 Å². The van der Waals surface area contributed by atoms with E-state index in [-0.39, 0.29) is 0 Å². The Bertz CT molecular complexity index is 512. The lowest BCUT2D eigenvalue weighted by atomic mass is 10.1. The molecule has 4 atom stereocenters. The minimum atomic E-state index is -4.69. The fourth-order valence-corrected chi connectivity index (χ4v) is 3.78. The van der Waals surface area contributed by atoms with Crippen LogP contribution < -0.4 is 0 Å². The molecule has 0 aromatic rings. The minimum absolute atomic E-state index is 0.426. The van der Waals surface area contributed by atoms with Crippen LogP contribution in [0, 0.1) is 0 Å². The summed E-state index contributed by atoms with van der Waals surface area (Å²) in [6.45, 7) is 12.1. The molecule has 0 radical (unpaired) electrons. The lowest BCUT2D eigenvalue weighted by Gasteiger charge is -2.41. The molecular formula is C15H25F3O5Si. The van der Waals surface area contributed by atoms with Crippen LogP contribution in [0.3, 0.4) is 0 Å². The maximum absolute atomic E-state index is 13.7. The molecule has 0 bridgehead atoms. The van der Waals surface area contributed by atoms with Crippen molar-refractivity contribution >= 4 is 14.3 Å². The Balaban J connectivity index is 2.31. The predicted molar refractivity (Wildman–Crippen MR) is 81.8 cm³/mol. The number of rotatable bonds is 3. The maximum Gasteiger partial charge on any atom is 0.417 e. The number of carbonyl (C=O) groups is 1. The van der Waals surface area contributed by atoms with Crippen molar-refractivity contribution in [3.05, 3.63) is 0 Å². The molecule has 0 aromatic carbocycles. The van der Waals surface area contributed by atoms with Crippen LogP contribution in [0.1, 0.15) is 34.6 Å². The van der Waals surface area contributed by atoms with Crippen LogP contribution in [-0.4, -0.2) is 50.7 Å². The highest BCUT2D eigenvalue weighted by molar-refractivity contribution is 6.74. The summed E-state index contributed by atoms with van der Waals surface area (Å²) in [4.78, 5) is 11.9. The molecule has 0 aromatic heterocycles. The Morgan fingerprint density at radius 3 is 2.17 bits per heavy atom. The van der Waals surface area contributed by atoms with Gasteiger partial charge < -0.3 is 18.6 Å². The van der Waals surface area contributed by atoms with Crippen molar-refractivity contribution in [1.82, 2.24) is 0 Å². The highest BCUT2D eigenvalue weighted by atomic mass is 28.4. The smallest absolute Gasteiger partial charge is 0.417 e. The van der Waals surface area contributed by atoms with Gasteiger partial charge in [-0.1, -0.05) is 20.8 Å². The quantitative estimate of drug-likeness (QED) is 0.563. The summed E-state index contributed by atoms with van der Waals surface area (Å²) < 4.78 is 62.4. The third-order valence-corrected chi connectivity index (χ3v) is 9.24. The summed E-state index contributed by atoms with van der Waals surface area (Å²) in [6, 6.07) is 0. The standard InChI is InChI=1S/C15H25F3O5Si/c1-13(2,3)24(6,7)23-11(15(16,17)18)9-8-10(12(19)20-9)22-14(4,5)21-8/h8-11H,1-7H3/t8-,9+,10-,11+/m1/s1. The van der Waals surface area contributed by atoms with Gasteiger partial charge in [-0.05, 0) is 32.0 Å². The first-order valence-corrected chi connectivity index (χ1v) is 10.8. The maximum atomic E-state index is 13.7. The fraction of sp³-hybridized carbons (Fsp3) is 0.933. The number of esters is 1. The van der Waals surface area contributed by atoms with Crippen molar-refractivity contribution in [2.75, 3.05) is 0 Å². The molecule has 5 nitrogen and oxygen atoms in total. The molecule has 0 N–H and O–H groups in total. The zero-order chi connectivity index (χ0) is 18.7. The first-order chi connectivity index (χ1) is 10.6. The summed E-state index contributed by atoms with van der Waals surface area (Å²) in [6.07, 6.45) is -10.8. The second-order valence-corrected chi connectivity index (χ2v) is 13.0. The summed E-state index contributed by atoms with van der Waals surface area (Å²) in [5.41, 5.74) is 0. The summed E-state index contributed by atoms with van der Waals surface area (Å²) >= 11 is 0. The highest BCUT2D eigenvalue weighted by Gasteiger charge is 2.64. The van der Waals surface area contributed by atoms with E-state index in [1.807, 2.05) is 20.8 Å². The molecule has 0 unspecified atom stereocenters. The lowest BCUT2D eigenvalue weighted by molar-refractivity contribution is -0.245. The fourth-order valence-electron chi connectivity index (χ4n) is 2.53. The van der Waals surface area contributed by atoms with Gasteiger partial charge >= 0.3 is 12.1 Å². The molecule has 2 aliphatic heterocycles. The molecule has 9 heteroatoms. The Hall–Kier alpha value is -0.643. The average Bonchev–Trinajstić information content (AvgIpc) is 2.79. The van der Waals surface area contributed by atoms with Crippen LogP contribution in [0.25, 0.3) is 0 Å². The molecular weight excluding hydrogens is 345 g/mol. The zero-order valence-electron chi connectivity index (χ0n) is 15.0. The molecule has 2 saturated heterocycles. The van der Waals surface area contributed by atoms with Gasteiger partial charge in [-0.3, -0.25) is 0 Å². The van der Waals surface area contributed by atoms with Gasteiger partial charge in [-0.2, -0.15) is 13.2 Å². The van der Waals surface area contributed by atoms with E-state index in [9.17, 15) is 18.0 Å². The summed E-state index contributed by atoms with van der Waals surface area (Å²) in [5, 5.41) is -0.426. The van der Waals surface area contributed by atoms with Crippen molar-refractivity contribution in [3.8, 4) is 0 Å². The molecule has 2 fully saturated rings. The van der Waals surface area contributed by atoms with Gasteiger partial charge in [0.05, 0.1) is 0 Å². The second-order valence-electron chi connectivity index (χ2n) is 8.26. The molecule has 0 aliphatic carbocycles. The van der Waals surface area contributed by atoms with E-state index in [1.165, 1.54) is 0 Å². The molecule has 2 heterocycles. The van der Waals surface area contributed by atoms with Crippen LogP contribution in [-0.2, 0) is 23.4 Å². The van der Waals surface area contributed by atoms with E-state index >= 15 is 0 Å². The van der Waals surface area contributed by atoms with Crippen LogP contribution in [0.5, 0.6) is 0 Å². The van der Waals surface area contributed by atoms with E-state index < -0.39 is 55.7 Å². The van der Waals surface area contributed by atoms with E-state index in [0.717, 1.165) is 0 Å². The number of alkyl halides is 3. The Kier molecular flexibility index (Phi) is 4.66. The summed E-state index contributed by atoms with van der Waals surface area (Å²) in [5.74, 6) is -1.98. The number of carbonyl (C=O) groups excluding carboxylic acids is 1. The van der Waals surface area contributed by atoms with E-state index in [4.69, 9.17) is 18.6 Å². The van der Waals surface area contributed by atoms with Gasteiger partial charge in [-0.25, -0.2) is 4.79 Å². The first-order valence-electron chi connectivity index (χ1n) is 7.86. The largest absolute Gasteiger partial charge is 0.454 e. The Morgan fingerprint density at radius 2 is 1.71 bits per heavy atom. The van der Waals surface area contributed by atoms with Crippen molar-refractivity contribution < 1.29 is 36.6 Å². The van der Waals surface area contributed by atoms with Crippen LogP contribution in [0.2, 0.25) is 18.1 Å². The van der Waals surface area contributed by atoms with Crippen LogP contribution >= 0.6 is 0 Å². The number of hydrogen-bond acceptors (Lipinski definition) is 5. The number of halogens is 3. The Labute approximate surface area is 140 Å². The number of hydrogen-bond donors (Lipinski definition) is 0. The molecule has 0 spiro atoms. The second kappa shape index (κ2) is 5.68. The average molecular weight is 370 g/mol. The van der Waals surface area contributed by atoms with Crippen LogP contribution in [0.15, 0.2) is 0 Å². The highest BCUT2D eigenvalue weighted by Crippen LogP contribution is 2.45. The lowest BCUT2D eigenvalue weighted by Crippen LogP contribution is -2.55. The van der Waals surface area contributed by atoms with Gasteiger partial charge in [0.1, 0.15) is 6.10 Å². The van der Waals surface area contributed by atoms with E-state index in [1.54, 1.807) is 26.9 Å². The monoisotopic (exact) mass is 370 g/mol. The van der Waals surface area contributed by atoms with Gasteiger partial charge in [0.2, 0.25) is 0 Å². The van der Waals surface area contributed by atoms with Crippen molar-refractivity contribution in [2.45, 2.75) is 89.1 Å². The van der Waals surface area contributed by atoms with Gasteiger partial charge in [0.25, 0.3) is 0 Å². The molecule has 24 heavy (non-hydrogen) atoms. The zero-order valence-corrected chi connectivity index (χ0v) is 16.0. The van der Waals surface area contributed by atoms with Gasteiger partial charge in [0, 0.05) is 0 Å². The normalized spacial score (nSPS) is 31.8. The Morgan fingerprint density at radius 1 is 1.17 bits per heavy atom. The number of cyclic esters (lactones) is 1. The SMILES string of the molecule is CC1(C)O[C@@H]2[C@@H]([C@H](O[Si](C)(C)C(C)(C)C)C(F)(F)F)OC(=O)[C@@H]2O1. The third kappa shape index (κ3) is 3.63. The minimum Gasteiger partial charge on any atom is -0.454 e. The molecule has 2 rings (SSSR count). The van der Waals surface area contributed by atoms with Crippen molar-refractivity contribution in [3.63, 3.8) is 0 Å². The van der Waals surface area contributed by atoms with Crippen molar-refractivity contribution in [2.24, 2.45) is 0 Å². The molecule has 140 valence electrons. The van der Waals surface area contributed by atoms with E-state index in [0.29, 0.717) is 0 Å². The van der Waals surface area contributed by atoms with E-state index in [2.05, 4.69) is 0 Å². The van der Waals surface area contributed by atoms with Gasteiger partial charge in [-0.15, -0.1) is 0 Å². The predicted octanol–water partition coefficient (Wildman–Crippen LogP) is 3.38. The number of ether oxygens (including phenoxy) is 3. The number of fused-ring (bicyclic) bond motifs is 1. The van der Waals surface area contributed by atoms with Gasteiger partial charge in [0.15, 0.2) is 32.4 Å². The summed E-state index contributed by atoms with van der Waals surface area (Å²) in [7, 11) is -2.75. The topological polar surface area (TPSA) is 54.0 Å². The molecule has 2 aliphatic rings. The molecule has 0 saturated carbocycles. The molecule has 0 amide bonds. The third-order valence-electron chi connectivity index (χ3n) is 4.79. The van der Waals surface area contributed by atoms with Crippen molar-refractivity contribution in [1.29, 1.82) is 0 Å².